The molecule has 0 amide bonds. The summed E-state index contributed by atoms with van der Waals surface area (Å²) in [7, 11) is 0. The SMILES string of the molecule is CCC(CC)(CO)Nc1ccccc1C#N. The van der Waals surface area contributed by atoms with Crippen LogP contribution in [0.5, 0.6) is 0 Å². The summed E-state index contributed by atoms with van der Waals surface area (Å²) < 4.78 is 0. The van der Waals surface area contributed by atoms with E-state index >= 15 is 0 Å². The molecule has 3 nitrogen and oxygen atoms in total. The molecule has 0 aliphatic rings. The largest absolute Gasteiger partial charge is 0.394 e. The molecule has 0 saturated heterocycles. The molecular weight excluding hydrogens is 200 g/mol. The van der Waals surface area contributed by atoms with Crippen LogP contribution in [0.4, 0.5) is 5.69 Å². The summed E-state index contributed by atoms with van der Waals surface area (Å²) in [6.07, 6.45) is 1.64. The Balaban J connectivity index is 2.99. The molecule has 0 spiro atoms. The Bertz CT molecular complexity index is 369. The second kappa shape index (κ2) is 5.53. The summed E-state index contributed by atoms with van der Waals surface area (Å²) in [4.78, 5) is 0. The molecule has 16 heavy (non-hydrogen) atoms. The first-order valence-corrected chi connectivity index (χ1v) is 5.59. The van der Waals surface area contributed by atoms with E-state index in [4.69, 9.17) is 5.26 Å². The van der Waals surface area contributed by atoms with Crippen molar-refractivity contribution in [1.29, 1.82) is 5.26 Å². The van der Waals surface area contributed by atoms with Crippen LogP contribution in [0.3, 0.4) is 0 Å². The van der Waals surface area contributed by atoms with Gasteiger partial charge >= 0.3 is 0 Å². The van der Waals surface area contributed by atoms with Gasteiger partial charge in [0.1, 0.15) is 6.07 Å². The van der Waals surface area contributed by atoms with Gasteiger partial charge in [0.05, 0.1) is 23.4 Å². The van der Waals surface area contributed by atoms with Crippen LogP contribution in [0.2, 0.25) is 0 Å². The zero-order valence-electron chi connectivity index (χ0n) is 9.83. The third kappa shape index (κ3) is 2.53. The highest BCUT2D eigenvalue weighted by Gasteiger charge is 2.25. The lowest BCUT2D eigenvalue weighted by Gasteiger charge is -2.32. The zero-order valence-corrected chi connectivity index (χ0v) is 9.83. The molecule has 0 aromatic heterocycles. The minimum atomic E-state index is -0.326. The van der Waals surface area contributed by atoms with Gasteiger partial charge in [0.15, 0.2) is 0 Å². The van der Waals surface area contributed by atoms with E-state index in [0.717, 1.165) is 18.5 Å². The smallest absolute Gasteiger partial charge is 0.101 e. The van der Waals surface area contributed by atoms with Gasteiger partial charge in [-0.3, -0.25) is 0 Å². The number of hydrogen-bond donors (Lipinski definition) is 2. The van der Waals surface area contributed by atoms with Gasteiger partial charge in [-0.2, -0.15) is 5.26 Å². The minimum Gasteiger partial charge on any atom is -0.394 e. The van der Waals surface area contributed by atoms with Gasteiger partial charge in [-0.15, -0.1) is 0 Å². The molecule has 1 aromatic carbocycles. The number of nitrogens with zero attached hydrogens (tertiary/aromatic N) is 1. The van der Waals surface area contributed by atoms with E-state index in [0.29, 0.717) is 5.56 Å². The summed E-state index contributed by atoms with van der Waals surface area (Å²) in [5.41, 5.74) is 1.08. The van der Waals surface area contributed by atoms with Crippen LogP contribution in [0.25, 0.3) is 0 Å². The molecular formula is C13H18N2O. The predicted molar refractivity (Wildman–Crippen MR) is 65.2 cm³/mol. The number of nitriles is 1. The van der Waals surface area contributed by atoms with Crippen LogP contribution in [-0.2, 0) is 0 Å². The molecule has 0 fully saturated rings. The Kier molecular flexibility index (Phi) is 4.33. The average Bonchev–Trinajstić information content (AvgIpc) is 2.36. The summed E-state index contributed by atoms with van der Waals surface area (Å²) in [6.45, 7) is 4.13. The third-order valence-corrected chi connectivity index (χ3v) is 3.10. The summed E-state index contributed by atoms with van der Waals surface area (Å²) >= 11 is 0. The first-order chi connectivity index (χ1) is 7.71. The van der Waals surface area contributed by atoms with Crippen LogP contribution in [0.1, 0.15) is 32.3 Å². The maximum absolute atomic E-state index is 9.46. The van der Waals surface area contributed by atoms with Gasteiger partial charge in [0.25, 0.3) is 0 Å². The fraction of sp³-hybridized carbons (Fsp3) is 0.462. The molecule has 1 rings (SSSR count). The first-order valence-electron chi connectivity index (χ1n) is 5.59. The van der Waals surface area contributed by atoms with Gasteiger partial charge in [0, 0.05) is 0 Å². The summed E-state index contributed by atoms with van der Waals surface area (Å²) in [5, 5.41) is 21.7. The van der Waals surface area contributed by atoms with Crippen molar-refractivity contribution in [1.82, 2.24) is 0 Å². The Morgan fingerprint density at radius 2 is 1.94 bits per heavy atom. The highest BCUT2D eigenvalue weighted by atomic mass is 16.3. The fourth-order valence-electron chi connectivity index (χ4n) is 1.67. The highest BCUT2D eigenvalue weighted by molar-refractivity contribution is 5.58. The standard InChI is InChI=1S/C13H18N2O/c1-3-13(4-2,10-16)15-12-8-6-5-7-11(12)9-14/h5-8,15-16H,3-4,10H2,1-2H3. The van der Waals surface area contributed by atoms with E-state index in [9.17, 15) is 5.11 Å². The highest BCUT2D eigenvalue weighted by Crippen LogP contribution is 2.24. The van der Waals surface area contributed by atoms with E-state index in [1.54, 1.807) is 6.07 Å². The molecule has 86 valence electrons. The first kappa shape index (κ1) is 12.5. The van der Waals surface area contributed by atoms with Crippen molar-refractivity contribution >= 4 is 5.69 Å². The number of hydrogen-bond acceptors (Lipinski definition) is 3. The number of anilines is 1. The van der Waals surface area contributed by atoms with Crippen LogP contribution in [0, 0.1) is 11.3 Å². The zero-order chi connectivity index (χ0) is 12.0. The van der Waals surface area contributed by atoms with Gasteiger partial charge in [-0.05, 0) is 25.0 Å². The maximum atomic E-state index is 9.46. The summed E-state index contributed by atoms with van der Waals surface area (Å²) in [6, 6.07) is 9.51. The van der Waals surface area contributed by atoms with E-state index in [1.807, 2.05) is 32.0 Å². The number of rotatable bonds is 5. The fourth-order valence-corrected chi connectivity index (χ4v) is 1.67. The van der Waals surface area contributed by atoms with Crippen LogP contribution in [0.15, 0.2) is 24.3 Å². The van der Waals surface area contributed by atoms with Gasteiger partial charge in [-0.1, -0.05) is 26.0 Å². The van der Waals surface area contributed by atoms with Crippen molar-refractivity contribution < 1.29 is 5.11 Å². The van der Waals surface area contributed by atoms with Gasteiger partial charge in [0.2, 0.25) is 0 Å². The molecule has 0 aliphatic heterocycles. The maximum Gasteiger partial charge on any atom is 0.101 e. The van der Waals surface area contributed by atoms with Crippen molar-refractivity contribution in [2.45, 2.75) is 32.2 Å². The molecule has 0 radical (unpaired) electrons. The monoisotopic (exact) mass is 218 g/mol. The lowest BCUT2D eigenvalue weighted by Crippen LogP contribution is -2.41. The Hall–Kier alpha value is -1.53. The van der Waals surface area contributed by atoms with Crippen molar-refractivity contribution in [3.8, 4) is 6.07 Å². The number of para-hydroxylation sites is 1. The van der Waals surface area contributed by atoms with Crippen LogP contribution in [-0.4, -0.2) is 17.3 Å². The molecule has 2 N–H and O–H groups in total. The number of nitrogens with one attached hydrogen (secondary N) is 1. The number of aliphatic hydroxyl groups is 1. The third-order valence-electron chi connectivity index (χ3n) is 3.10. The van der Waals surface area contributed by atoms with Crippen molar-refractivity contribution in [2.24, 2.45) is 0 Å². The van der Waals surface area contributed by atoms with E-state index in [2.05, 4.69) is 11.4 Å². The molecule has 0 atom stereocenters. The van der Waals surface area contributed by atoms with E-state index in [1.165, 1.54) is 0 Å². The average molecular weight is 218 g/mol. The predicted octanol–water partition coefficient (Wildman–Crippen LogP) is 2.52. The lowest BCUT2D eigenvalue weighted by molar-refractivity contribution is 0.202. The topological polar surface area (TPSA) is 56.0 Å². The van der Waals surface area contributed by atoms with Gasteiger partial charge < -0.3 is 10.4 Å². The molecule has 0 saturated carbocycles. The van der Waals surface area contributed by atoms with Crippen molar-refractivity contribution in [3.05, 3.63) is 29.8 Å². The van der Waals surface area contributed by atoms with Crippen LogP contribution < -0.4 is 5.32 Å². The second-order valence-electron chi connectivity index (χ2n) is 3.93. The quantitative estimate of drug-likeness (QED) is 0.798. The number of aliphatic hydroxyl groups excluding tert-OH is 1. The Morgan fingerprint density at radius 1 is 1.31 bits per heavy atom. The van der Waals surface area contributed by atoms with E-state index < -0.39 is 0 Å². The molecule has 1 aromatic rings. The van der Waals surface area contributed by atoms with Crippen molar-refractivity contribution in [2.75, 3.05) is 11.9 Å². The van der Waals surface area contributed by atoms with E-state index in [-0.39, 0.29) is 12.1 Å². The second-order valence-corrected chi connectivity index (χ2v) is 3.93. The molecule has 0 aliphatic carbocycles. The van der Waals surface area contributed by atoms with Crippen molar-refractivity contribution in [3.63, 3.8) is 0 Å². The van der Waals surface area contributed by atoms with Crippen LogP contribution >= 0.6 is 0 Å². The number of benzene rings is 1. The Morgan fingerprint density at radius 3 is 2.44 bits per heavy atom. The molecule has 0 heterocycles. The van der Waals surface area contributed by atoms with Gasteiger partial charge in [-0.25, -0.2) is 0 Å². The lowest BCUT2D eigenvalue weighted by atomic mass is 9.93. The Labute approximate surface area is 96.7 Å². The molecule has 0 unspecified atom stereocenters. The minimum absolute atomic E-state index is 0.0692. The summed E-state index contributed by atoms with van der Waals surface area (Å²) in [5.74, 6) is 0. The molecule has 0 bridgehead atoms. The normalized spacial score (nSPS) is 10.9. The molecule has 3 heteroatoms.